The van der Waals surface area contributed by atoms with Crippen LogP contribution in [-0.4, -0.2) is 97.1 Å². The molecule has 0 unspecified atom stereocenters. The zero-order valence-electron chi connectivity index (χ0n) is 35.4. The molecule has 0 spiro atoms. The first-order chi connectivity index (χ1) is 30.8. The van der Waals surface area contributed by atoms with Gasteiger partial charge in [-0.1, -0.05) is 36.4 Å². The summed E-state index contributed by atoms with van der Waals surface area (Å²) < 4.78 is 14.7. The number of rotatable bonds is 9. The molecule has 0 atom stereocenters. The molecule has 2 aliphatic rings. The van der Waals surface area contributed by atoms with Gasteiger partial charge in [0, 0.05) is 109 Å². The third kappa shape index (κ3) is 9.16. The standard InChI is InChI=1S/C24H24N6O2.C24H26N6O/c1-16-19(3-2-4-20(16)25)21-15-30-10-9-26-23(30)22(28-21)27-18-7-5-17(6-8-18)24(31)29-11-13-32-14-12-29;1-17-20(3-2-4-21(17)25)22-16-30-10-9-26-24(30)23(28-22)27-19-7-5-18(6-8-19)15-29-11-13-31-14-12-29/h2-10,15H,11-14,25H2,1H3,(H,27,28);2-10,16H,11-15,25H2,1H3,(H,27,28). The average molecular weight is 843 g/mol. The van der Waals surface area contributed by atoms with Gasteiger partial charge in [-0.05, 0) is 79.1 Å². The number of nitrogens with zero attached hydrogens (tertiary/aromatic N) is 8. The minimum Gasteiger partial charge on any atom is -0.398 e. The third-order valence-corrected chi connectivity index (χ3v) is 11.5. The molecule has 10 rings (SSSR count). The summed E-state index contributed by atoms with van der Waals surface area (Å²) in [6, 6.07) is 27.6. The zero-order chi connectivity index (χ0) is 43.3. The summed E-state index contributed by atoms with van der Waals surface area (Å²) >= 11 is 0. The Bertz CT molecular complexity index is 2860. The number of benzene rings is 4. The van der Waals surface area contributed by atoms with E-state index in [1.54, 1.807) is 12.4 Å². The Morgan fingerprint density at radius 2 is 1.11 bits per heavy atom. The van der Waals surface area contributed by atoms with E-state index < -0.39 is 0 Å². The van der Waals surface area contributed by atoms with Crippen molar-refractivity contribution in [3.05, 3.63) is 144 Å². The molecule has 63 heavy (non-hydrogen) atoms. The van der Waals surface area contributed by atoms with Gasteiger partial charge in [0.1, 0.15) is 0 Å². The highest BCUT2D eigenvalue weighted by Crippen LogP contribution is 2.31. The predicted octanol–water partition coefficient (Wildman–Crippen LogP) is 7.37. The molecule has 4 aromatic heterocycles. The fraction of sp³-hybridized carbons (Fsp3) is 0.229. The second kappa shape index (κ2) is 18.3. The van der Waals surface area contributed by atoms with Crippen molar-refractivity contribution in [2.75, 3.05) is 74.7 Å². The van der Waals surface area contributed by atoms with E-state index in [0.29, 0.717) is 49.1 Å². The summed E-state index contributed by atoms with van der Waals surface area (Å²) in [4.78, 5) is 35.6. The van der Waals surface area contributed by atoms with E-state index >= 15 is 0 Å². The van der Waals surface area contributed by atoms with Crippen LogP contribution in [-0.2, 0) is 16.0 Å². The highest BCUT2D eigenvalue weighted by atomic mass is 16.5. The number of amides is 1. The van der Waals surface area contributed by atoms with Gasteiger partial charge < -0.3 is 45.3 Å². The maximum absolute atomic E-state index is 12.7. The molecule has 8 aromatic rings. The van der Waals surface area contributed by atoms with Crippen molar-refractivity contribution in [3.8, 4) is 22.5 Å². The van der Waals surface area contributed by atoms with Crippen molar-refractivity contribution in [3.63, 3.8) is 0 Å². The number of carbonyl (C=O) groups excluding carboxylic acids is 1. The summed E-state index contributed by atoms with van der Waals surface area (Å²) in [6.45, 7) is 11.0. The van der Waals surface area contributed by atoms with Crippen LogP contribution in [0.4, 0.5) is 34.4 Å². The van der Waals surface area contributed by atoms with Gasteiger partial charge in [-0.25, -0.2) is 19.9 Å². The van der Waals surface area contributed by atoms with Crippen LogP contribution in [0.1, 0.15) is 27.0 Å². The predicted molar refractivity (Wildman–Crippen MR) is 247 cm³/mol. The number of fused-ring (bicyclic) bond motifs is 2. The van der Waals surface area contributed by atoms with Gasteiger partial charge in [-0.3, -0.25) is 9.69 Å². The lowest BCUT2D eigenvalue weighted by Gasteiger charge is -2.26. The van der Waals surface area contributed by atoms with E-state index in [0.717, 1.165) is 94.9 Å². The van der Waals surface area contributed by atoms with Gasteiger partial charge in [0.25, 0.3) is 5.91 Å². The summed E-state index contributed by atoms with van der Waals surface area (Å²) in [5.41, 5.74) is 24.6. The van der Waals surface area contributed by atoms with Crippen molar-refractivity contribution in [2.24, 2.45) is 0 Å². The zero-order valence-corrected chi connectivity index (χ0v) is 35.4. The largest absolute Gasteiger partial charge is 0.398 e. The van der Waals surface area contributed by atoms with Crippen molar-refractivity contribution in [1.29, 1.82) is 0 Å². The van der Waals surface area contributed by atoms with Gasteiger partial charge in [0.2, 0.25) is 0 Å². The van der Waals surface area contributed by atoms with E-state index in [-0.39, 0.29) is 5.91 Å². The Morgan fingerprint density at radius 1 is 0.635 bits per heavy atom. The van der Waals surface area contributed by atoms with Crippen LogP contribution >= 0.6 is 0 Å². The van der Waals surface area contributed by atoms with Gasteiger partial charge in [-0.15, -0.1) is 0 Å². The Kier molecular flexibility index (Phi) is 11.9. The number of hydrogen-bond donors (Lipinski definition) is 4. The average Bonchev–Trinajstić information content (AvgIpc) is 4.01. The van der Waals surface area contributed by atoms with Crippen molar-refractivity contribution >= 4 is 51.6 Å². The molecule has 6 N–H and O–H groups in total. The molecule has 2 saturated heterocycles. The van der Waals surface area contributed by atoms with Crippen LogP contribution < -0.4 is 22.1 Å². The summed E-state index contributed by atoms with van der Waals surface area (Å²) in [5, 5.41) is 6.80. The van der Waals surface area contributed by atoms with Gasteiger partial charge in [0.15, 0.2) is 22.9 Å². The molecule has 0 bridgehead atoms. The second-order valence-corrected chi connectivity index (χ2v) is 15.6. The molecule has 0 radical (unpaired) electrons. The highest BCUT2D eigenvalue weighted by molar-refractivity contribution is 5.94. The minimum absolute atomic E-state index is 0.0211. The Balaban J connectivity index is 0.000000160. The van der Waals surface area contributed by atoms with E-state index in [9.17, 15) is 4.79 Å². The number of nitrogens with one attached hydrogen (secondary N) is 2. The molecule has 6 heterocycles. The third-order valence-electron chi connectivity index (χ3n) is 11.5. The van der Waals surface area contributed by atoms with Crippen LogP contribution in [0.25, 0.3) is 33.8 Å². The number of morpholine rings is 2. The SMILES string of the molecule is Cc1c(N)cccc1-c1cn2ccnc2c(Nc2ccc(C(=O)N3CCOCC3)cc2)n1.Cc1c(N)cccc1-c1cn2ccnc2c(Nc2ccc(CN3CCOCC3)cc2)n1. The Morgan fingerprint density at radius 3 is 1.62 bits per heavy atom. The second-order valence-electron chi connectivity index (χ2n) is 15.6. The molecule has 1 amide bonds. The summed E-state index contributed by atoms with van der Waals surface area (Å²) in [7, 11) is 0. The van der Waals surface area contributed by atoms with Crippen LogP contribution in [0, 0.1) is 13.8 Å². The number of carbonyl (C=O) groups is 1. The number of nitrogens with two attached hydrogens (primary N) is 2. The number of nitrogen functional groups attached to an aromatic ring is 2. The molecule has 2 fully saturated rings. The highest BCUT2D eigenvalue weighted by Gasteiger charge is 2.19. The van der Waals surface area contributed by atoms with Crippen molar-refractivity contribution < 1.29 is 14.3 Å². The van der Waals surface area contributed by atoms with Gasteiger partial charge >= 0.3 is 0 Å². The van der Waals surface area contributed by atoms with E-state index in [1.807, 2.05) is 113 Å². The lowest BCUT2D eigenvalue weighted by atomic mass is 10.0. The first kappa shape index (κ1) is 41.0. The molecule has 0 saturated carbocycles. The molecule has 4 aromatic carbocycles. The first-order valence-electron chi connectivity index (χ1n) is 21.1. The molecular weight excluding hydrogens is 793 g/mol. The fourth-order valence-electron chi connectivity index (χ4n) is 7.78. The fourth-order valence-corrected chi connectivity index (χ4v) is 7.78. The Labute approximate surface area is 365 Å². The quantitative estimate of drug-likeness (QED) is 0.106. The molecule has 15 heteroatoms. The topological polar surface area (TPSA) is 178 Å². The minimum atomic E-state index is 0.0211. The van der Waals surface area contributed by atoms with Crippen LogP contribution in [0.2, 0.25) is 0 Å². The van der Waals surface area contributed by atoms with Crippen LogP contribution in [0.15, 0.2) is 122 Å². The van der Waals surface area contributed by atoms with Crippen molar-refractivity contribution in [1.82, 2.24) is 38.5 Å². The lowest BCUT2D eigenvalue weighted by molar-refractivity contribution is 0.0303. The molecular formula is C48H50N12O3. The van der Waals surface area contributed by atoms with Gasteiger partial charge in [0.05, 0.1) is 37.8 Å². The molecule has 15 nitrogen and oxygen atoms in total. The van der Waals surface area contributed by atoms with Crippen LogP contribution in [0.3, 0.4) is 0 Å². The van der Waals surface area contributed by atoms with Crippen LogP contribution in [0.5, 0.6) is 0 Å². The number of aromatic nitrogens is 6. The first-order valence-corrected chi connectivity index (χ1v) is 21.1. The summed E-state index contributed by atoms with van der Waals surface area (Å²) in [5.74, 6) is 1.36. The number of imidazole rings is 2. The Hall–Kier alpha value is -7.33. The van der Waals surface area contributed by atoms with Crippen molar-refractivity contribution in [2.45, 2.75) is 20.4 Å². The molecule has 320 valence electrons. The summed E-state index contributed by atoms with van der Waals surface area (Å²) in [6.07, 6.45) is 11.3. The normalized spacial score (nSPS) is 14.3. The van der Waals surface area contributed by atoms with E-state index in [1.165, 1.54) is 5.56 Å². The number of hydrogen-bond acceptors (Lipinski definition) is 12. The van der Waals surface area contributed by atoms with E-state index in [2.05, 4.69) is 49.8 Å². The number of ether oxygens (including phenoxy) is 2. The maximum Gasteiger partial charge on any atom is 0.254 e. The monoisotopic (exact) mass is 842 g/mol. The molecule has 2 aliphatic heterocycles. The smallest absolute Gasteiger partial charge is 0.254 e. The number of anilines is 6. The lowest BCUT2D eigenvalue weighted by Crippen LogP contribution is -2.40. The maximum atomic E-state index is 12.7. The molecule has 0 aliphatic carbocycles. The van der Waals surface area contributed by atoms with Gasteiger partial charge in [-0.2, -0.15) is 0 Å². The van der Waals surface area contributed by atoms with E-state index in [4.69, 9.17) is 30.9 Å².